The molecule has 2 rings (SSSR count). The monoisotopic (exact) mass is 338 g/mol. The summed E-state index contributed by atoms with van der Waals surface area (Å²) in [6, 6.07) is 13.0. The van der Waals surface area contributed by atoms with Gasteiger partial charge in [0, 0.05) is 0 Å². The Morgan fingerprint density at radius 3 is 1.96 bits per heavy atom. The molecule has 0 amide bonds. The van der Waals surface area contributed by atoms with Gasteiger partial charge >= 0.3 is 0 Å². The van der Waals surface area contributed by atoms with Gasteiger partial charge in [-0.2, -0.15) is 0 Å². The first-order valence-electron chi connectivity index (χ1n) is 9.86. The zero-order chi connectivity index (χ0) is 18.4. The lowest BCUT2D eigenvalue weighted by Gasteiger charge is -2.25. The Hall–Kier alpha value is -1.60. The maximum atomic E-state index is 10.2. The Labute approximate surface area is 154 Å². The van der Waals surface area contributed by atoms with E-state index >= 15 is 0 Å². The third-order valence-electron chi connectivity index (χ3n) is 5.11. The smallest absolute Gasteiger partial charge is 0.0690 e. The lowest BCUT2D eigenvalue weighted by Crippen LogP contribution is -2.09. The van der Waals surface area contributed by atoms with Crippen LogP contribution in [0.25, 0.3) is 11.1 Å². The number of benzene rings is 2. The van der Waals surface area contributed by atoms with Crippen LogP contribution in [0.5, 0.6) is 0 Å². The van der Waals surface area contributed by atoms with Gasteiger partial charge < -0.3 is 5.11 Å². The Morgan fingerprint density at radius 1 is 0.840 bits per heavy atom. The van der Waals surface area contributed by atoms with Crippen LogP contribution in [-0.4, -0.2) is 5.11 Å². The highest BCUT2D eigenvalue weighted by Gasteiger charge is 2.21. The molecule has 0 bridgehead atoms. The molecule has 25 heavy (non-hydrogen) atoms. The minimum Gasteiger partial charge on any atom is -0.392 e. The summed E-state index contributed by atoms with van der Waals surface area (Å²) >= 11 is 0. The van der Waals surface area contributed by atoms with Gasteiger partial charge in [-0.3, -0.25) is 0 Å². The molecular weight excluding hydrogens is 304 g/mol. The number of aliphatic hydroxyl groups is 1. The molecule has 1 N–H and O–H groups in total. The number of hydrogen-bond acceptors (Lipinski definition) is 1. The van der Waals surface area contributed by atoms with Crippen molar-refractivity contribution in [3.63, 3.8) is 0 Å². The van der Waals surface area contributed by atoms with Gasteiger partial charge in [-0.25, -0.2) is 0 Å². The highest BCUT2D eigenvalue weighted by Crippen LogP contribution is 2.39. The van der Waals surface area contributed by atoms with Crippen LogP contribution in [0.4, 0.5) is 0 Å². The summed E-state index contributed by atoms with van der Waals surface area (Å²) in [5.74, 6) is 0.899. The summed E-state index contributed by atoms with van der Waals surface area (Å²) in [5, 5.41) is 10.2. The zero-order valence-corrected chi connectivity index (χ0v) is 16.6. The summed E-state index contributed by atoms with van der Waals surface area (Å²) in [6.07, 6.45) is 4.79. The van der Waals surface area contributed by atoms with E-state index in [0.717, 1.165) is 12.0 Å². The first-order valence-corrected chi connectivity index (χ1v) is 9.86. The standard InChI is InChI=1S/C24H34O/c1-6-7-9-14-20-21(17(2)3)15-22(18(4)5)23(16-25)24(20)19-12-10-8-11-13-19/h8,10-13,15,17-18,25H,6-7,9,14,16H2,1-5H3. The summed E-state index contributed by atoms with van der Waals surface area (Å²) in [5.41, 5.74) is 7.84. The van der Waals surface area contributed by atoms with Crippen molar-refractivity contribution in [3.8, 4) is 11.1 Å². The fourth-order valence-electron chi connectivity index (χ4n) is 3.79. The van der Waals surface area contributed by atoms with Crippen molar-refractivity contribution in [1.29, 1.82) is 0 Å². The van der Waals surface area contributed by atoms with Gasteiger partial charge in [0.25, 0.3) is 0 Å². The predicted octanol–water partition coefficient (Wildman–Crippen LogP) is 6.83. The molecule has 136 valence electrons. The van der Waals surface area contributed by atoms with Crippen LogP contribution in [0.15, 0.2) is 36.4 Å². The van der Waals surface area contributed by atoms with E-state index in [1.165, 1.54) is 47.1 Å². The molecule has 0 spiro atoms. The van der Waals surface area contributed by atoms with E-state index in [0.29, 0.717) is 11.8 Å². The van der Waals surface area contributed by atoms with E-state index in [-0.39, 0.29) is 6.61 Å². The molecule has 0 aromatic heterocycles. The number of aliphatic hydroxyl groups excluding tert-OH is 1. The van der Waals surface area contributed by atoms with Crippen molar-refractivity contribution >= 4 is 0 Å². The Balaban J connectivity index is 2.76. The fraction of sp³-hybridized carbons (Fsp3) is 0.500. The van der Waals surface area contributed by atoms with Crippen molar-refractivity contribution in [1.82, 2.24) is 0 Å². The Morgan fingerprint density at radius 2 is 1.44 bits per heavy atom. The lowest BCUT2D eigenvalue weighted by atomic mass is 9.80. The predicted molar refractivity (Wildman–Crippen MR) is 109 cm³/mol. The fourth-order valence-corrected chi connectivity index (χ4v) is 3.79. The molecule has 0 fully saturated rings. The van der Waals surface area contributed by atoms with Crippen molar-refractivity contribution in [2.45, 2.75) is 78.7 Å². The van der Waals surface area contributed by atoms with E-state index in [4.69, 9.17) is 0 Å². The van der Waals surface area contributed by atoms with Crippen LogP contribution in [-0.2, 0) is 13.0 Å². The van der Waals surface area contributed by atoms with Crippen LogP contribution in [0.2, 0.25) is 0 Å². The van der Waals surface area contributed by atoms with Crippen LogP contribution in [0, 0.1) is 0 Å². The number of unbranched alkanes of at least 4 members (excludes halogenated alkanes) is 2. The third kappa shape index (κ3) is 4.52. The normalized spacial score (nSPS) is 11.5. The van der Waals surface area contributed by atoms with Gasteiger partial charge in [-0.15, -0.1) is 0 Å². The van der Waals surface area contributed by atoms with Gasteiger partial charge in [0.1, 0.15) is 0 Å². The molecule has 0 saturated carbocycles. The minimum absolute atomic E-state index is 0.108. The highest BCUT2D eigenvalue weighted by molar-refractivity contribution is 5.74. The molecule has 0 atom stereocenters. The van der Waals surface area contributed by atoms with Gasteiger partial charge in [0.15, 0.2) is 0 Å². The maximum Gasteiger partial charge on any atom is 0.0690 e. The Kier molecular flexibility index (Phi) is 7.25. The van der Waals surface area contributed by atoms with E-state index in [1.807, 2.05) is 0 Å². The minimum atomic E-state index is 0.108. The van der Waals surface area contributed by atoms with Crippen LogP contribution in [0.1, 0.15) is 88.0 Å². The molecule has 2 aromatic rings. The second-order valence-corrected chi connectivity index (χ2v) is 7.68. The van der Waals surface area contributed by atoms with E-state index in [2.05, 4.69) is 71.0 Å². The van der Waals surface area contributed by atoms with Crippen LogP contribution < -0.4 is 0 Å². The van der Waals surface area contributed by atoms with E-state index < -0.39 is 0 Å². The average molecular weight is 339 g/mol. The molecule has 0 unspecified atom stereocenters. The van der Waals surface area contributed by atoms with Gasteiger partial charge in [-0.05, 0) is 58.1 Å². The zero-order valence-electron chi connectivity index (χ0n) is 16.6. The Bertz CT molecular complexity index is 668. The van der Waals surface area contributed by atoms with Crippen molar-refractivity contribution in [2.75, 3.05) is 0 Å². The van der Waals surface area contributed by atoms with Crippen LogP contribution >= 0.6 is 0 Å². The van der Waals surface area contributed by atoms with E-state index in [1.54, 1.807) is 0 Å². The largest absolute Gasteiger partial charge is 0.392 e. The molecule has 0 aliphatic carbocycles. The van der Waals surface area contributed by atoms with Gasteiger partial charge in [-0.1, -0.05) is 83.9 Å². The molecule has 2 aromatic carbocycles. The highest BCUT2D eigenvalue weighted by atomic mass is 16.3. The first kappa shape index (κ1) is 19.7. The molecule has 0 aliphatic heterocycles. The third-order valence-corrected chi connectivity index (χ3v) is 5.11. The second-order valence-electron chi connectivity index (χ2n) is 7.68. The molecule has 0 aliphatic rings. The van der Waals surface area contributed by atoms with Crippen molar-refractivity contribution in [3.05, 3.63) is 58.7 Å². The van der Waals surface area contributed by atoms with Crippen LogP contribution in [0.3, 0.4) is 0 Å². The number of hydrogen-bond donors (Lipinski definition) is 1. The molecule has 0 heterocycles. The SMILES string of the molecule is CCCCCc1c(C(C)C)cc(C(C)C)c(CO)c1-c1ccccc1. The summed E-state index contributed by atoms with van der Waals surface area (Å²) in [7, 11) is 0. The topological polar surface area (TPSA) is 20.2 Å². The molecule has 0 radical (unpaired) electrons. The summed E-state index contributed by atoms with van der Waals surface area (Å²) < 4.78 is 0. The molecular formula is C24H34O. The molecule has 0 saturated heterocycles. The average Bonchev–Trinajstić information content (AvgIpc) is 2.61. The maximum absolute atomic E-state index is 10.2. The van der Waals surface area contributed by atoms with E-state index in [9.17, 15) is 5.11 Å². The van der Waals surface area contributed by atoms with Gasteiger partial charge in [0.05, 0.1) is 6.61 Å². The number of rotatable bonds is 8. The quantitative estimate of drug-likeness (QED) is 0.523. The summed E-state index contributed by atoms with van der Waals surface area (Å²) in [4.78, 5) is 0. The van der Waals surface area contributed by atoms with Crippen molar-refractivity contribution < 1.29 is 5.11 Å². The molecule has 1 nitrogen and oxygen atoms in total. The second kappa shape index (κ2) is 9.20. The summed E-state index contributed by atoms with van der Waals surface area (Å²) in [6.45, 7) is 11.4. The lowest BCUT2D eigenvalue weighted by molar-refractivity contribution is 0.280. The first-order chi connectivity index (χ1) is 12.0. The van der Waals surface area contributed by atoms with Gasteiger partial charge in [0.2, 0.25) is 0 Å². The molecule has 1 heteroatoms. The van der Waals surface area contributed by atoms with Crippen molar-refractivity contribution in [2.24, 2.45) is 0 Å².